The van der Waals surface area contributed by atoms with Crippen LogP contribution in [0.15, 0.2) is 48.5 Å². The first-order valence-electron chi connectivity index (χ1n) is 7.05. The van der Waals surface area contributed by atoms with Crippen LogP contribution >= 0.6 is 0 Å². The molecular weight excluding hydrogens is 300 g/mol. The van der Waals surface area contributed by atoms with Crippen LogP contribution in [0.3, 0.4) is 0 Å². The van der Waals surface area contributed by atoms with E-state index in [2.05, 4.69) is 23.2 Å². The first-order chi connectivity index (χ1) is 10.2. The topological polar surface area (TPSA) is 66.0 Å². The van der Waals surface area contributed by atoms with E-state index < -0.39 is 0 Å². The maximum absolute atomic E-state index is 12.4. The van der Waals surface area contributed by atoms with E-state index >= 15 is 0 Å². The largest absolute Gasteiger partial charge is 1.00 e. The van der Waals surface area contributed by atoms with Crippen LogP contribution in [-0.4, -0.2) is 19.1 Å². The number of halogens is 1. The quantitative estimate of drug-likeness (QED) is 0.711. The molecule has 2 atom stereocenters. The van der Waals surface area contributed by atoms with Crippen LogP contribution in [0, 0.1) is 0 Å². The minimum absolute atomic E-state index is 0. The van der Waals surface area contributed by atoms with Gasteiger partial charge in [0.2, 0.25) is 0 Å². The zero-order valence-corrected chi connectivity index (χ0v) is 13.1. The van der Waals surface area contributed by atoms with E-state index in [1.54, 1.807) is 31.4 Å². The van der Waals surface area contributed by atoms with Gasteiger partial charge in [0.05, 0.1) is 7.11 Å². The fraction of sp³-hybridized carbons (Fsp3) is 0.235. The van der Waals surface area contributed by atoms with E-state index in [1.165, 1.54) is 11.1 Å². The monoisotopic (exact) mass is 318 g/mol. The summed E-state index contributed by atoms with van der Waals surface area (Å²) in [6.45, 7) is 0. The van der Waals surface area contributed by atoms with Crippen molar-refractivity contribution in [1.29, 1.82) is 0 Å². The molecule has 5 heteroatoms. The summed E-state index contributed by atoms with van der Waals surface area (Å²) in [5.74, 6) is 0.667. The van der Waals surface area contributed by atoms with Gasteiger partial charge < -0.3 is 28.2 Å². The Morgan fingerprint density at radius 2 is 1.86 bits per heavy atom. The molecule has 4 N–H and O–H groups in total. The van der Waals surface area contributed by atoms with Crippen molar-refractivity contribution >= 4 is 5.91 Å². The van der Waals surface area contributed by atoms with Gasteiger partial charge in [0.1, 0.15) is 17.8 Å². The van der Waals surface area contributed by atoms with Crippen LogP contribution in [-0.2, 0) is 6.42 Å². The van der Waals surface area contributed by atoms with Crippen LogP contribution in [0.25, 0.3) is 0 Å². The highest BCUT2D eigenvalue weighted by atomic mass is 35.5. The Morgan fingerprint density at radius 1 is 1.18 bits per heavy atom. The van der Waals surface area contributed by atoms with Crippen LogP contribution < -0.4 is 28.2 Å². The third kappa shape index (κ3) is 3.08. The number of methoxy groups -OCH3 is 1. The maximum atomic E-state index is 12.4. The summed E-state index contributed by atoms with van der Waals surface area (Å²) < 4.78 is 5.10. The molecule has 1 amide bonds. The molecule has 1 aliphatic rings. The van der Waals surface area contributed by atoms with Crippen molar-refractivity contribution in [3.05, 3.63) is 65.2 Å². The van der Waals surface area contributed by atoms with Gasteiger partial charge in [-0.1, -0.05) is 24.3 Å². The highest BCUT2D eigenvalue weighted by Gasteiger charge is 2.33. The highest BCUT2D eigenvalue weighted by molar-refractivity contribution is 5.94. The fourth-order valence-electron chi connectivity index (χ4n) is 2.84. The lowest BCUT2D eigenvalue weighted by molar-refractivity contribution is -0.423. The van der Waals surface area contributed by atoms with Crippen molar-refractivity contribution in [3.63, 3.8) is 0 Å². The van der Waals surface area contributed by atoms with Gasteiger partial charge in [-0.2, -0.15) is 0 Å². The second kappa shape index (κ2) is 6.81. The number of carbonyl (C=O) groups excluding carboxylic acids is 1. The smallest absolute Gasteiger partial charge is 0.251 e. The van der Waals surface area contributed by atoms with E-state index in [1.807, 2.05) is 12.1 Å². The molecule has 22 heavy (non-hydrogen) atoms. The summed E-state index contributed by atoms with van der Waals surface area (Å²) in [6, 6.07) is 15.5. The second-order valence-electron chi connectivity index (χ2n) is 5.34. The maximum Gasteiger partial charge on any atom is 0.251 e. The lowest BCUT2D eigenvalue weighted by atomic mass is 10.1. The van der Waals surface area contributed by atoms with Gasteiger partial charge >= 0.3 is 0 Å². The number of carbonyl (C=O) groups is 1. The number of rotatable bonds is 3. The Kier molecular flexibility index (Phi) is 5.06. The van der Waals surface area contributed by atoms with Gasteiger partial charge in [0.15, 0.2) is 0 Å². The number of benzene rings is 2. The zero-order chi connectivity index (χ0) is 14.8. The van der Waals surface area contributed by atoms with Crippen LogP contribution in [0.1, 0.15) is 27.5 Å². The van der Waals surface area contributed by atoms with Crippen molar-refractivity contribution in [1.82, 2.24) is 5.32 Å². The van der Waals surface area contributed by atoms with Crippen molar-refractivity contribution in [3.8, 4) is 5.75 Å². The summed E-state index contributed by atoms with van der Waals surface area (Å²) >= 11 is 0. The third-order valence-corrected chi connectivity index (χ3v) is 3.98. The molecule has 0 bridgehead atoms. The Labute approximate surface area is 136 Å². The van der Waals surface area contributed by atoms with Gasteiger partial charge in [-0.3, -0.25) is 4.79 Å². The van der Waals surface area contributed by atoms with Crippen molar-refractivity contribution < 1.29 is 27.7 Å². The first-order valence-corrected chi connectivity index (χ1v) is 7.05. The number of hydrogen-bond acceptors (Lipinski definition) is 2. The molecule has 0 saturated carbocycles. The molecule has 4 nitrogen and oxygen atoms in total. The van der Waals surface area contributed by atoms with Crippen molar-refractivity contribution in [2.45, 2.75) is 18.5 Å². The van der Waals surface area contributed by atoms with E-state index in [0.717, 1.165) is 12.2 Å². The van der Waals surface area contributed by atoms with E-state index in [-0.39, 0.29) is 30.4 Å². The molecule has 0 saturated heterocycles. The lowest BCUT2D eigenvalue weighted by Crippen LogP contribution is -3.00. The average Bonchev–Trinajstić information content (AvgIpc) is 2.83. The molecule has 0 aliphatic heterocycles. The summed E-state index contributed by atoms with van der Waals surface area (Å²) in [7, 11) is 1.61. The molecule has 2 aromatic carbocycles. The molecule has 3 rings (SSSR count). The number of nitrogens with one attached hydrogen (secondary N) is 1. The molecule has 0 spiro atoms. The Balaban J connectivity index is 0.00000176. The van der Waals surface area contributed by atoms with Gasteiger partial charge in [-0.25, -0.2) is 0 Å². The first kappa shape index (κ1) is 16.3. The molecular formula is C17H19ClN2O2. The number of ether oxygens (including phenoxy) is 1. The molecule has 0 aromatic heterocycles. The summed E-state index contributed by atoms with van der Waals surface area (Å²) in [6.07, 6.45) is 0.906. The standard InChI is InChI=1S/C17H18N2O2.ClH/c1-21-13-8-6-11(7-9-13)17(20)19-16-14-5-3-2-4-12(14)10-15(16)18;/h2-9,15-16H,10,18H2,1H3,(H,19,20);1H/t15-,16-;/m1./s1. The molecule has 0 fully saturated rings. The Bertz CT molecular complexity index is 658. The van der Waals surface area contributed by atoms with Crippen LogP contribution in [0.5, 0.6) is 5.75 Å². The van der Waals surface area contributed by atoms with E-state index in [9.17, 15) is 4.79 Å². The second-order valence-corrected chi connectivity index (χ2v) is 5.34. The molecule has 1 aliphatic carbocycles. The van der Waals surface area contributed by atoms with Crippen LogP contribution in [0.2, 0.25) is 0 Å². The predicted molar refractivity (Wildman–Crippen MR) is 80.0 cm³/mol. The lowest BCUT2D eigenvalue weighted by Gasteiger charge is -2.16. The summed E-state index contributed by atoms with van der Waals surface area (Å²) in [4.78, 5) is 12.4. The summed E-state index contributed by atoms with van der Waals surface area (Å²) in [5, 5.41) is 3.10. The Hall–Kier alpha value is -2.04. The minimum atomic E-state index is -0.0759. The molecule has 0 heterocycles. The average molecular weight is 319 g/mol. The fourth-order valence-corrected chi connectivity index (χ4v) is 2.84. The van der Waals surface area contributed by atoms with Crippen molar-refractivity contribution in [2.75, 3.05) is 7.11 Å². The Morgan fingerprint density at radius 3 is 2.55 bits per heavy atom. The van der Waals surface area contributed by atoms with E-state index in [0.29, 0.717) is 5.56 Å². The highest BCUT2D eigenvalue weighted by Crippen LogP contribution is 2.29. The number of quaternary nitrogens is 1. The third-order valence-electron chi connectivity index (χ3n) is 3.98. The molecule has 2 aromatic rings. The number of amides is 1. The van der Waals surface area contributed by atoms with Gasteiger partial charge in [0, 0.05) is 12.0 Å². The van der Waals surface area contributed by atoms with E-state index in [4.69, 9.17) is 4.74 Å². The van der Waals surface area contributed by atoms with Gasteiger partial charge in [-0.05, 0) is 35.4 Å². The normalized spacial score (nSPS) is 19.0. The van der Waals surface area contributed by atoms with Gasteiger partial charge in [-0.15, -0.1) is 0 Å². The molecule has 116 valence electrons. The van der Waals surface area contributed by atoms with Crippen LogP contribution in [0.4, 0.5) is 0 Å². The summed E-state index contributed by atoms with van der Waals surface area (Å²) in [5.41, 5.74) is 7.26. The molecule has 0 unspecified atom stereocenters. The molecule has 0 radical (unpaired) electrons. The SMILES string of the molecule is COc1ccc(C(=O)N[C@@H]2c3ccccc3C[C@H]2[NH3+])cc1.[Cl-]. The zero-order valence-electron chi connectivity index (χ0n) is 12.4. The predicted octanol–water partition coefficient (Wildman–Crippen LogP) is -1.66. The minimum Gasteiger partial charge on any atom is -1.00 e. The number of fused-ring (bicyclic) bond motifs is 1. The van der Waals surface area contributed by atoms with Crippen molar-refractivity contribution in [2.24, 2.45) is 0 Å². The number of hydrogen-bond donors (Lipinski definition) is 2. The van der Waals surface area contributed by atoms with Gasteiger partial charge in [0.25, 0.3) is 5.91 Å².